The quantitative estimate of drug-likeness (QED) is 0.609. The van der Waals surface area contributed by atoms with E-state index in [1.807, 2.05) is 0 Å². The van der Waals surface area contributed by atoms with Gasteiger partial charge in [0.05, 0.1) is 0 Å². The van der Waals surface area contributed by atoms with E-state index in [-0.39, 0.29) is 5.92 Å². The number of allylic oxidation sites excluding steroid dienone is 2. The summed E-state index contributed by atoms with van der Waals surface area (Å²) in [4.78, 5) is 29.9. The summed E-state index contributed by atoms with van der Waals surface area (Å²) in [6.07, 6.45) is 14.0. The van der Waals surface area contributed by atoms with Crippen LogP contribution in [0.2, 0.25) is 0 Å². The Balaban J connectivity index is 0.995. The summed E-state index contributed by atoms with van der Waals surface area (Å²) in [5.41, 5.74) is 1.42. The van der Waals surface area contributed by atoms with Crippen LogP contribution in [0.5, 0.6) is 0 Å². The fourth-order valence-electron chi connectivity index (χ4n) is 6.56. The number of amides is 2. The monoisotopic (exact) mass is 434 g/mol. The highest BCUT2D eigenvalue weighted by atomic mass is 16.2. The number of piperidine rings is 2. The van der Waals surface area contributed by atoms with Crippen LogP contribution in [0.1, 0.15) is 56.9 Å². The predicted octanol–water partition coefficient (Wildman–Crippen LogP) is 4.70. The van der Waals surface area contributed by atoms with E-state index in [1.54, 1.807) is 0 Å². The van der Waals surface area contributed by atoms with Gasteiger partial charge in [0.25, 0.3) is 0 Å². The van der Waals surface area contributed by atoms with Crippen molar-refractivity contribution in [1.29, 1.82) is 0 Å². The van der Waals surface area contributed by atoms with E-state index in [0.29, 0.717) is 41.9 Å². The van der Waals surface area contributed by atoms with Gasteiger partial charge in [-0.15, -0.1) is 0 Å². The number of nitrogens with zero attached hydrogens (tertiary/aromatic N) is 2. The van der Waals surface area contributed by atoms with Crippen LogP contribution in [-0.4, -0.2) is 47.8 Å². The second-order valence-electron chi connectivity index (χ2n) is 10.7. The molecule has 2 bridgehead atoms. The Kier molecular flexibility index (Phi) is 6.66. The zero-order chi connectivity index (χ0) is 21.9. The molecule has 172 valence electrons. The molecule has 1 saturated carbocycles. The van der Waals surface area contributed by atoms with Gasteiger partial charge in [0.15, 0.2) is 0 Å². The average molecular weight is 435 g/mol. The van der Waals surface area contributed by atoms with E-state index >= 15 is 0 Å². The summed E-state index contributed by atoms with van der Waals surface area (Å²) in [5, 5.41) is 0. The molecule has 0 aromatic heterocycles. The molecule has 1 aromatic rings. The first kappa shape index (κ1) is 21.7. The molecule has 2 amide bonds. The van der Waals surface area contributed by atoms with Crippen LogP contribution >= 0.6 is 0 Å². The van der Waals surface area contributed by atoms with Crippen LogP contribution in [0, 0.1) is 29.6 Å². The van der Waals surface area contributed by atoms with Crippen LogP contribution in [0.25, 0.3) is 0 Å². The Morgan fingerprint density at radius 2 is 1.50 bits per heavy atom. The Bertz CT molecular complexity index is 819. The van der Waals surface area contributed by atoms with Crippen LogP contribution < -0.4 is 0 Å². The Morgan fingerprint density at radius 1 is 0.812 bits per heavy atom. The normalized spacial score (nSPS) is 28.4. The second-order valence-corrected chi connectivity index (χ2v) is 10.7. The molecule has 5 rings (SSSR count). The van der Waals surface area contributed by atoms with Gasteiger partial charge in [-0.05, 0) is 80.6 Å². The van der Waals surface area contributed by atoms with Crippen molar-refractivity contribution in [2.24, 2.45) is 29.6 Å². The molecule has 32 heavy (non-hydrogen) atoms. The fourth-order valence-corrected chi connectivity index (χ4v) is 6.56. The lowest BCUT2D eigenvalue weighted by Crippen LogP contribution is -2.43. The van der Waals surface area contributed by atoms with E-state index < -0.39 is 0 Å². The molecular formula is C28H38N2O2. The summed E-state index contributed by atoms with van der Waals surface area (Å²) in [5.74, 6) is 3.44. The largest absolute Gasteiger partial charge is 0.343 e. The zero-order valence-corrected chi connectivity index (χ0v) is 19.3. The highest BCUT2D eigenvalue weighted by Gasteiger charge is 2.42. The summed E-state index contributed by atoms with van der Waals surface area (Å²) in [7, 11) is 0. The van der Waals surface area contributed by atoms with Gasteiger partial charge in [0, 0.05) is 38.5 Å². The lowest BCUT2D eigenvalue weighted by atomic mass is 9.88. The molecule has 2 heterocycles. The first-order chi connectivity index (χ1) is 15.7. The van der Waals surface area contributed by atoms with E-state index in [1.165, 1.54) is 12.0 Å². The second kappa shape index (κ2) is 9.80. The first-order valence-electron chi connectivity index (χ1n) is 12.9. The number of hydrogen-bond donors (Lipinski definition) is 0. The van der Waals surface area contributed by atoms with E-state index in [4.69, 9.17) is 0 Å². The summed E-state index contributed by atoms with van der Waals surface area (Å²) < 4.78 is 0. The predicted molar refractivity (Wildman–Crippen MR) is 127 cm³/mol. The lowest BCUT2D eigenvalue weighted by molar-refractivity contribution is -0.138. The van der Waals surface area contributed by atoms with Gasteiger partial charge in [-0.2, -0.15) is 0 Å². The van der Waals surface area contributed by atoms with E-state index in [2.05, 4.69) is 52.3 Å². The van der Waals surface area contributed by atoms with Crippen LogP contribution in [0.3, 0.4) is 0 Å². The van der Waals surface area contributed by atoms with E-state index in [0.717, 1.165) is 71.1 Å². The van der Waals surface area contributed by atoms with Crippen molar-refractivity contribution in [2.45, 2.75) is 57.8 Å². The van der Waals surface area contributed by atoms with Crippen molar-refractivity contribution < 1.29 is 9.59 Å². The number of fused-ring (bicyclic) bond motifs is 2. The topological polar surface area (TPSA) is 40.6 Å². The van der Waals surface area contributed by atoms with Crippen molar-refractivity contribution >= 4 is 11.8 Å². The minimum Gasteiger partial charge on any atom is -0.343 e. The molecule has 2 aliphatic carbocycles. The summed E-state index contributed by atoms with van der Waals surface area (Å²) in [6, 6.07) is 10.7. The number of carbonyl (C=O) groups is 2. The number of carbonyl (C=O) groups excluding carboxylic acids is 2. The Morgan fingerprint density at radius 3 is 2.16 bits per heavy atom. The lowest BCUT2D eigenvalue weighted by Gasteiger charge is -2.35. The maximum atomic E-state index is 12.9. The van der Waals surface area contributed by atoms with Gasteiger partial charge in [0.2, 0.25) is 11.8 Å². The van der Waals surface area contributed by atoms with Crippen molar-refractivity contribution in [3.63, 3.8) is 0 Å². The standard InChI is InChI=1S/C28H38N2O2/c31-27(29-14-12-23(13-15-29)18-22-4-2-1-3-5-22)9-7-21-10-16-30(17-11-21)28(32)26-20-24-6-8-25(26)19-24/h1-6,8,21,23-26H,7,9-20H2/t24-,25+,26+/m0/s1. The maximum Gasteiger partial charge on any atom is 0.226 e. The SMILES string of the molecule is O=C(CCC1CCN(C(=O)[C@@H]2C[C@H]3C=C[C@@H]2C3)CC1)N1CCC(Cc2ccccc2)CC1. The van der Waals surface area contributed by atoms with Crippen molar-refractivity contribution in [3.8, 4) is 0 Å². The number of rotatable bonds is 6. The van der Waals surface area contributed by atoms with Gasteiger partial charge in [-0.1, -0.05) is 42.5 Å². The summed E-state index contributed by atoms with van der Waals surface area (Å²) >= 11 is 0. The first-order valence-corrected chi connectivity index (χ1v) is 12.9. The number of benzene rings is 1. The van der Waals surface area contributed by atoms with Crippen LogP contribution in [-0.2, 0) is 16.0 Å². The van der Waals surface area contributed by atoms with Crippen molar-refractivity contribution in [2.75, 3.05) is 26.2 Å². The van der Waals surface area contributed by atoms with Crippen molar-refractivity contribution in [1.82, 2.24) is 9.80 Å². The molecule has 3 fully saturated rings. The van der Waals surface area contributed by atoms with Crippen LogP contribution in [0.4, 0.5) is 0 Å². The fraction of sp³-hybridized carbons (Fsp3) is 0.643. The van der Waals surface area contributed by atoms with Gasteiger partial charge in [-0.25, -0.2) is 0 Å². The third-order valence-corrected chi connectivity index (χ3v) is 8.62. The number of likely N-dealkylation sites (tertiary alicyclic amines) is 2. The average Bonchev–Trinajstić information content (AvgIpc) is 3.48. The molecule has 4 aliphatic rings. The molecule has 3 atom stereocenters. The molecule has 0 unspecified atom stereocenters. The molecule has 0 radical (unpaired) electrons. The molecule has 4 nitrogen and oxygen atoms in total. The Hall–Kier alpha value is -2.10. The highest BCUT2D eigenvalue weighted by Crippen LogP contribution is 2.44. The molecule has 0 N–H and O–H groups in total. The zero-order valence-electron chi connectivity index (χ0n) is 19.3. The minimum absolute atomic E-state index is 0.243. The van der Waals surface area contributed by atoms with Crippen LogP contribution in [0.15, 0.2) is 42.5 Å². The van der Waals surface area contributed by atoms with Gasteiger partial charge in [-0.3, -0.25) is 9.59 Å². The Labute approximate surface area is 193 Å². The molecule has 2 aliphatic heterocycles. The smallest absolute Gasteiger partial charge is 0.226 e. The summed E-state index contributed by atoms with van der Waals surface area (Å²) in [6.45, 7) is 3.61. The molecule has 2 saturated heterocycles. The molecule has 4 heteroatoms. The highest BCUT2D eigenvalue weighted by molar-refractivity contribution is 5.80. The molecule has 1 aromatic carbocycles. The van der Waals surface area contributed by atoms with Gasteiger partial charge in [0.1, 0.15) is 0 Å². The minimum atomic E-state index is 0.243. The third-order valence-electron chi connectivity index (χ3n) is 8.62. The third kappa shape index (κ3) is 4.94. The number of hydrogen-bond acceptors (Lipinski definition) is 2. The van der Waals surface area contributed by atoms with Crippen molar-refractivity contribution in [3.05, 3.63) is 48.0 Å². The van der Waals surface area contributed by atoms with Gasteiger partial charge < -0.3 is 9.80 Å². The van der Waals surface area contributed by atoms with E-state index in [9.17, 15) is 9.59 Å². The molecule has 0 spiro atoms. The maximum absolute atomic E-state index is 12.9. The van der Waals surface area contributed by atoms with Gasteiger partial charge >= 0.3 is 0 Å². The molecular weight excluding hydrogens is 396 g/mol.